The minimum Gasteiger partial charge on any atom is -0.467 e. The highest BCUT2D eigenvalue weighted by atomic mass is 32.2. The minimum absolute atomic E-state index is 0.00898. The van der Waals surface area contributed by atoms with Crippen molar-refractivity contribution in [1.29, 1.82) is 0 Å². The number of carbonyl (C=O) groups is 2. The second-order valence-corrected chi connectivity index (χ2v) is 8.68. The second-order valence-electron chi connectivity index (χ2n) is 7.49. The van der Waals surface area contributed by atoms with E-state index in [2.05, 4.69) is 20.8 Å². The summed E-state index contributed by atoms with van der Waals surface area (Å²) in [5, 5.41) is -0.00898. The van der Waals surface area contributed by atoms with Crippen LogP contribution < -0.4 is 0 Å². The van der Waals surface area contributed by atoms with Gasteiger partial charge in [-0.25, -0.2) is 4.79 Å². The number of unbranched alkanes of at least 4 members (excludes halogenated alkanes) is 3. The topological polar surface area (TPSA) is 80.3 Å². The zero-order valence-corrected chi connectivity index (χ0v) is 20.0. The first kappa shape index (κ1) is 27.4. The van der Waals surface area contributed by atoms with Gasteiger partial charge in [-0.15, -0.1) is 0 Å². The summed E-state index contributed by atoms with van der Waals surface area (Å²) in [6, 6.07) is 0. The Balaban J connectivity index is 3.15. The van der Waals surface area contributed by atoms with Gasteiger partial charge in [-0.1, -0.05) is 51.8 Å². The van der Waals surface area contributed by atoms with E-state index in [9.17, 15) is 9.59 Å². The van der Waals surface area contributed by atoms with Gasteiger partial charge in [-0.05, 0) is 19.3 Å². The molecule has 1 saturated heterocycles. The molecule has 0 bridgehead atoms. The van der Waals surface area contributed by atoms with Crippen molar-refractivity contribution in [3.05, 3.63) is 0 Å². The third kappa shape index (κ3) is 9.22. The Bertz CT molecular complexity index is 488. The molecule has 0 amide bonds. The first-order chi connectivity index (χ1) is 14.5. The summed E-state index contributed by atoms with van der Waals surface area (Å²) >= 11 is 1.16. The lowest BCUT2D eigenvalue weighted by Crippen LogP contribution is -2.63. The summed E-state index contributed by atoms with van der Waals surface area (Å²) in [6.45, 7) is 9.40. The minimum atomic E-state index is -0.915. The molecular weight excluding hydrogens is 408 g/mol. The van der Waals surface area contributed by atoms with Crippen LogP contribution in [0.3, 0.4) is 0 Å². The van der Waals surface area contributed by atoms with Crippen LogP contribution in [0.5, 0.6) is 0 Å². The molecule has 8 heteroatoms. The van der Waals surface area contributed by atoms with Gasteiger partial charge in [0, 0.05) is 32.5 Å². The van der Waals surface area contributed by atoms with Gasteiger partial charge in [0.1, 0.15) is 18.3 Å². The molecule has 0 saturated carbocycles. The van der Waals surface area contributed by atoms with Gasteiger partial charge in [-0.3, -0.25) is 4.79 Å². The standard InChI is InChI=1S/C22H40O7S/c1-6-9-12-26-18-17(15-30-16(4)23)29-21(22(24)25-5)20(28-14-11-8-3)19(18)27-13-10-7-2/h17-21H,6-15H2,1-5H3/t17-,18+,19?,20-,21?/m0/s1. The third-order valence-corrected chi connectivity index (χ3v) is 5.84. The normalized spacial score (nSPS) is 26.5. The Morgan fingerprint density at radius 2 is 1.33 bits per heavy atom. The molecular formula is C22H40O7S. The molecule has 0 spiro atoms. The fraction of sp³-hybridized carbons (Fsp3) is 0.909. The predicted octanol–water partition coefficient (Wildman–Crippen LogP) is 3.76. The molecule has 0 aliphatic carbocycles. The molecule has 2 unspecified atom stereocenters. The maximum Gasteiger partial charge on any atom is 0.337 e. The number of esters is 1. The number of rotatable bonds is 15. The second kappa shape index (κ2) is 16.0. The molecule has 1 heterocycles. The fourth-order valence-corrected chi connectivity index (χ4v) is 3.89. The first-order valence-electron chi connectivity index (χ1n) is 11.2. The highest BCUT2D eigenvalue weighted by Gasteiger charge is 2.51. The van der Waals surface area contributed by atoms with Crippen molar-refractivity contribution in [2.24, 2.45) is 0 Å². The summed E-state index contributed by atoms with van der Waals surface area (Å²) in [5.74, 6) is -0.111. The number of thioether (sulfide) groups is 1. The van der Waals surface area contributed by atoms with Gasteiger partial charge in [0.25, 0.3) is 0 Å². The molecule has 0 N–H and O–H groups in total. The van der Waals surface area contributed by atoms with E-state index in [0.29, 0.717) is 25.6 Å². The Morgan fingerprint density at radius 3 is 1.80 bits per heavy atom. The highest BCUT2D eigenvalue weighted by Crippen LogP contribution is 2.31. The average Bonchev–Trinajstić information content (AvgIpc) is 2.73. The number of hydrogen-bond acceptors (Lipinski definition) is 8. The maximum absolute atomic E-state index is 12.5. The van der Waals surface area contributed by atoms with Gasteiger partial charge >= 0.3 is 5.97 Å². The summed E-state index contributed by atoms with van der Waals surface area (Å²) in [4.78, 5) is 24.1. The van der Waals surface area contributed by atoms with Crippen LogP contribution in [0.15, 0.2) is 0 Å². The molecule has 0 aromatic carbocycles. The van der Waals surface area contributed by atoms with E-state index in [1.54, 1.807) is 0 Å². The van der Waals surface area contributed by atoms with Crippen LogP contribution in [-0.2, 0) is 33.3 Å². The number of hydrogen-bond donors (Lipinski definition) is 0. The summed E-state index contributed by atoms with van der Waals surface area (Å²) < 4.78 is 29.7. The fourth-order valence-electron chi connectivity index (χ4n) is 3.22. The Hall–Kier alpha value is -0.670. The molecule has 0 aromatic heterocycles. The van der Waals surface area contributed by atoms with E-state index in [-0.39, 0.29) is 5.12 Å². The van der Waals surface area contributed by atoms with Gasteiger partial charge in [-0.2, -0.15) is 0 Å². The molecule has 1 aliphatic heterocycles. The van der Waals surface area contributed by atoms with Gasteiger partial charge in [0.2, 0.25) is 0 Å². The van der Waals surface area contributed by atoms with E-state index >= 15 is 0 Å². The van der Waals surface area contributed by atoms with Gasteiger partial charge < -0.3 is 23.7 Å². The lowest BCUT2D eigenvalue weighted by Gasteiger charge is -2.45. The third-order valence-electron chi connectivity index (χ3n) is 4.94. The van der Waals surface area contributed by atoms with E-state index < -0.39 is 36.5 Å². The summed E-state index contributed by atoms with van der Waals surface area (Å²) in [5.41, 5.74) is 0. The smallest absolute Gasteiger partial charge is 0.337 e. The van der Waals surface area contributed by atoms with E-state index in [0.717, 1.165) is 50.3 Å². The van der Waals surface area contributed by atoms with Crippen molar-refractivity contribution in [2.45, 2.75) is 96.7 Å². The summed E-state index contributed by atoms with van der Waals surface area (Å²) in [7, 11) is 1.34. The molecule has 1 fully saturated rings. The zero-order valence-electron chi connectivity index (χ0n) is 19.2. The van der Waals surface area contributed by atoms with Crippen LogP contribution in [-0.4, -0.2) is 74.3 Å². The predicted molar refractivity (Wildman–Crippen MR) is 118 cm³/mol. The monoisotopic (exact) mass is 448 g/mol. The van der Waals surface area contributed by atoms with Crippen molar-refractivity contribution in [2.75, 3.05) is 32.7 Å². The SMILES string of the molecule is CCCCOC1[C@H](OCCCC)C(C(=O)OC)O[C@@H](CSC(C)=O)[C@H]1OCCCC. The zero-order chi connectivity index (χ0) is 22.4. The van der Waals surface area contributed by atoms with Crippen LogP contribution in [0.25, 0.3) is 0 Å². The molecule has 5 atom stereocenters. The number of ether oxygens (including phenoxy) is 5. The highest BCUT2D eigenvalue weighted by molar-refractivity contribution is 8.13. The Labute approximate surface area is 185 Å². The lowest BCUT2D eigenvalue weighted by atomic mass is 9.94. The number of methoxy groups -OCH3 is 1. The first-order valence-corrected chi connectivity index (χ1v) is 12.2. The quantitative estimate of drug-likeness (QED) is 0.277. The van der Waals surface area contributed by atoms with Crippen molar-refractivity contribution in [3.63, 3.8) is 0 Å². The summed E-state index contributed by atoms with van der Waals surface area (Å²) in [6.07, 6.45) is 2.75. The van der Waals surface area contributed by atoms with Crippen molar-refractivity contribution < 1.29 is 33.3 Å². The Kier molecular flexibility index (Phi) is 14.6. The van der Waals surface area contributed by atoms with Crippen LogP contribution in [0.2, 0.25) is 0 Å². The van der Waals surface area contributed by atoms with Crippen LogP contribution in [0.4, 0.5) is 0 Å². The largest absolute Gasteiger partial charge is 0.467 e. The molecule has 1 rings (SSSR count). The van der Waals surface area contributed by atoms with Crippen LogP contribution in [0.1, 0.15) is 66.2 Å². The van der Waals surface area contributed by atoms with E-state index in [4.69, 9.17) is 23.7 Å². The Morgan fingerprint density at radius 1 is 0.833 bits per heavy atom. The van der Waals surface area contributed by atoms with Gasteiger partial charge in [0.15, 0.2) is 11.2 Å². The van der Waals surface area contributed by atoms with Crippen LogP contribution in [0, 0.1) is 0 Å². The molecule has 7 nitrogen and oxygen atoms in total. The average molecular weight is 449 g/mol. The van der Waals surface area contributed by atoms with Crippen molar-refractivity contribution in [1.82, 2.24) is 0 Å². The molecule has 0 aromatic rings. The van der Waals surface area contributed by atoms with Gasteiger partial charge in [0.05, 0.1) is 13.2 Å². The molecule has 30 heavy (non-hydrogen) atoms. The number of carbonyl (C=O) groups excluding carboxylic acids is 2. The molecule has 0 radical (unpaired) electrons. The van der Waals surface area contributed by atoms with Crippen LogP contribution >= 0.6 is 11.8 Å². The maximum atomic E-state index is 12.5. The lowest BCUT2D eigenvalue weighted by molar-refractivity contribution is -0.255. The molecule has 176 valence electrons. The van der Waals surface area contributed by atoms with E-state index in [1.807, 2.05) is 0 Å². The molecule has 1 aliphatic rings. The van der Waals surface area contributed by atoms with E-state index in [1.165, 1.54) is 14.0 Å². The van der Waals surface area contributed by atoms with Crippen molar-refractivity contribution >= 4 is 22.8 Å². The van der Waals surface area contributed by atoms with Crippen molar-refractivity contribution in [3.8, 4) is 0 Å².